The van der Waals surface area contributed by atoms with Crippen LogP contribution in [0.4, 0.5) is 13.2 Å². The molecule has 0 saturated carbocycles. The van der Waals surface area contributed by atoms with Gasteiger partial charge in [-0.25, -0.2) is 0 Å². The number of nitriles is 1. The molecule has 0 N–H and O–H groups in total. The molecule has 0 aromatic heterocycles. The monoisotopic (exact) mass is 261 g/mol. The summed E-state index contributed by atoms with van der Waals surface area (Å²) in [5.41, 5.74) is 0.699. The zero-order valence-corrected chi connectivity index (χ0v) is 9.59. The Morgan fingerprint density at radius 2 is 1.88 bits per heavy atom. The van der Waals surface area contributed by atoms with Gasteiger partial charge < -0.3 is 0 Å². The summed E-state index contributed by atoms with van der Waals surface area (Å²) >= 11 is 0. The molecule has 0 amide bonds. The first-order valence-corrected chi connectivity index (χ1v) is 6.27. The highest BCUT2D eigenvalue weighted by Crippen LogP contribution is 2.26. The van der Waals surface area contributed by atoms with Crippen LogP contribution in [0.3, 0.4) is 0 Å². The van der Waals surface area contributed by atoms with Crippen LogP contribution in [0, 0.1) is 17.2 Å². The van der Waals surface area contributed by atoms with E-state index >= 15 is 0 Å². The molecule has 92 valence electrons. The predicted molar refractivity (Wildman–Crippen MR) is 58.3 cm³/mol. The molecule has 1 aromatic carbocycles. The fourth-order valence-electron chi connectivity index (χ4n) is 1.21. The molecule has 0 heterocycles. The van der Waals surface area contributed by atoms with E-state index in [-0.39, 0.29) is 5.75 Å². The Hall–Kier alpha value is -1.35. The molecular formula is C11H10F3NOS. The van der Waals surface area contributed by atoms with Gasteiger partial charge >= 0.3 is 6.18 Å². The molecule has 0 fully saturated rings. The first kappa shape index (κ1) is 13.7. The smallest absolute Gasteiger partial charge is 0.259 e. The third-order valence-electron chi connectivity index (χ3n) is 2.07. The maximum atomic E-state index is 12.3. The van der Waals surface area contributed by atoms with Crippen molar-refractivity contribution in [2.45, 2.75) is 11.9 Å². The summed E-state index contributed by atoms with van der Waals surface area (Å²) in [5, 5.41) is 8.37. The van der Waals surface area contributed by atoms with Crippen molar-refractivity contribution in [2.24, 2.45) is 5.92 Å². The van der Waals surface area contributed by atoms with Gasteiger partial charge in [-0.05, 0) is 5.56 Å². The Morgan fingerprint density at radius 3 is 2.35 bits per heavy atom. The zero-order valence-electron chi connectivity index (χ0n) is 8.78. The molecule has 2 unspecified atom stereocenters. The summed E-state index contributed by atoms with van der Waals surface area (Å²) in [6.45, 7) is 0. The summed E-state index contributed by atoms with van der Waals surface area (Å²) in [7, 11) is -1.69. The van der Waals surface area contributed by atoms with E-state index in [1.54, 1.807) is 30.3 Å². The topological polar surface area (TPSA) is 40.9 Å². The molecule has 0 saturated heterocycles. The van der Waals surface area contributed by atoms with E-state index < -0.39 is 28.6 Å². The second kappa shape index (κ2) is 5.82. The summed E-state index contributed by atoms with van der Waals surface area (Å²) in [6.07, 6.45) is -4.61. The molecule has 0 aliphatic heterocycles. The zero-order chi connectivity index (χ0) is 12.9. The van der Waals surface area contributed by atoms with Gasteiger partial charge in [-0.1, -0.05) is 30.3 Å². The Labute approximate surface area is 99.5 Å². The van der Waals surface area contributed by atoms with Crippen LogP contribution in [-0.2, 0) is 16.6 Å². The molecule has 1 rings (SSSR count). The van der Waals surface area contributed by atoms with E-state index in [0.717, 1.165) is 6.07 Å². The molecule has 0 spiro atoms. The number of nitrogens with zero attached hydrogens (tertiary/aromatic N) is 1. The van der Waals surface area contributed by atoms with Crippen molar-refractivity contribution in [3.63, 3.8) is 0 Å². The molecule has 2 atom stereocenters. The van der Waals surface area contributed by atoms with Crippen molar-refractivity contribution in [1.29, 1.82) is 5.26 Å². The first-order valence-electron chi connectivity index (χ1n) is 4.78. The van der Waals surface area contributed by atoms with Gasteiger partial charge in [0.2, 0.25) is 0 Å². The minimum absolute atomic E-state index is 0.0368. The molecule has 2 nitrogen and oxygen atoms in total. The lowest BCUT2D eigenvalue weighted by Gasteiger charge is -2.12. The lowest BCUT2D eigenvalue weighted by Crippen LogP contribution is -2.27. The molecule has 0 radical (unpaired) electrons. The quantitative estimate of drug-likeness (QED) is 0.836. The lowest BCUT2D eigenvalue weighted by molar-refractivity contribution is -0.153. The predicted octanol–water partition coefficient (Wildman–Crippen LogP) is 2.64. The number of alkyl halides is 3. The van der Waals surface area contributed by atoms with Gasteiger partial charge in [0.05, 0.1) is 6.07 Å². The van der Waals surface area contributed by atoms with Gasteiger partial charge in [-0.2, -0.15) is 18.4 Å². The van der Waals surface area contributed by atoms with Gasteiger partial charge in [0, 0.05) is 22.3 Å². The van der Waals surface area contributed by atoms with Crippen molar-refractivity contribution in [1.82, 2.24) is 0 Å². The van der Waals surface area contributed by atoms with Gasteiger partial charge in [-0.15, -0.1) is 0 Å². The summed E-state index contributed by atoms with van der Waals surface area (Å²) in [6, 6.07) is 9.72. The van der Waals surface area contributed by atoms with E-state index in [1.165, 1.54) is 0 Å². The molecule has 1 aromatic rings. The highest BCUT2D eigenvalue weighted by molar-refractivity contribution is 7.84. The Bertz CT molecular complexity index is 425. The second-order valence-corrected chi connectivity index (χ2v) is 4.96. The highest BCUT2D eigenvalue weighted by Gasteiger charge is 2.40. The fraction of sp³-hybridized carbons (Fsp3) is 0.364. The van der Waals surface area contributed by atoms with Crippen molar-refractivity contribution < 1.29 is 17.4 Å². The molecular weight excluding hydrogens is 251 g/mol. The van der Waals surface area contributed by atoms with Crippen LogP contribution in [0.1, 0.15) is 5.56 Å². The number of hydrogen-bond acceptors (Lipinski definition) is 2. The molecule has 0 aliphatic rings. The van der Waals surface area contributed by atoms with Crippen LogP contribution in [0.25, 0.3) is 0 Å². The van der Waals surface area contributed by atoms with Crippen molar-refractivity contribution in [2.75, 3.05) is 5.75 Å². The van der Waals surface area contributed by atoms with Crippen molar-refractivity contribution in [3.8, 4) is 6.07 Å². The summed E-state index contributed by atoms with van der Waals surface area (Å²) < 4.78 is 48.3. The largest absolute Gasteiger partial charge is 0.405 e. The fourth-order valence-corrected chi connectivity index (χ4v) is 2.53. The third kappa shape index (κ3) is 4.57. The minimum atomic E-state index is -4.61. The van der Waals surface area contributed by atoms with Gasteiger partial charge in [0.15, 0.2) is 5.92 Å². The standard InChI is InChI=1S/C11H10F3NOS/c12-11(13,14)10(6-15)8-17(16)7-9-4-2-1-3-5-9/h1-5,10H,7-8H2. The SMILES string of the molecule is N#CC(CS(=O)Cc1ccccc1)C(F)(F)F. The van der Waals surface area contributed by atoms with Gasteiger partial charge in [0.25, 0.3) is 0 Å². The lowest BCUT2D eigenvalue weighted by atomic mass is 10.2. The number of rotatable bonds is 4. The van der Waals surface area contributed by atoms with Crippen molar-refractivity contribution in [3.05, 3.63) is 35.9 Å². The number of hydrogen-bond donors (Lipinski definition) is 0. The van der Waals surface area contributed by atoms with E-state index in [4.69, 9.17) is 5.26 Å². The van der Waals surface area contributed by atoms with Gasteiger partial charge in [-0.3, -0.25) is 4.21 Å². The normalized spacial score (nSPS) is 14.9. The van der Waals surface area contributed by atoms with Crippen LogP contribution in [0.2, 0.25) is 0 Å². The van der Waals surface area contributed by atoms with Gasteiger partial charge in [0.1, 0.15) is 0 Å². The van der Waals surface area contributed by atoms with Crippen LogP contribution in [0.5, 0.6) is 0 Å². The average molecular weight is 261 g/mol. The van der Waals surface area contributed by atoms with Crippen LogP contribution >= 0.6 is 0 Å². The molecule has 0 aliphatic carbocycles. The maximum absolute atomic E-state index is 12.3. The van der Waals surface area contributed by atoms with E-state index in [2.05, 4.69) is 0 Å². The van der Waals surface area contributed by atoms with E-state index in [0.29, 0.717) is 5.56 Å². The molecule has 0 bridgehead atoms. The highest BCUT2D eigenvalue weighted by atomic mass is 32.2. The number of halogens is 3. The molecule has 6 heteroatoms. The maximum Gasteiger partial charge on any atom is 0.405 e. The third-order valence-corrected chi connectivity index (χ3v) is 3.43. The number of benzene rings is 1. The van der Waals surface area contributed by atoms with Crippen LogP contribution in [-0.4, -0.2) is 16.1 Å². The Balaban J connectivity index is 2.59. The Morgan fingerprint density at radius 1 is 1.29 bits per heavy atom. The van der Waals surface area contributed by atoms with Crippen LogP contribution in [0.15, 0.2) is 30.3 Å². The van der Waals surface area contributed by atoms with E-state index in [9.17, 15) is 17.4 Å². The van der Waals surface area contributed by atoms with Crippen molar-refractivity contribution >= 4 is 10.8 Å². The summed E-state index contributed by atoms with van der Waals surface area (Å²) in [5.74, 6) is -2.80. The Kier molecular flexibility index (Phi) is 4.70. The van der Waals surface area contributed by atoms with E-state index in [1.807, 2.05) is 0 Å². The van der Waals surface area contributed by atoms with Crippen LogP contribution < -0.4 is 0 Å². The molecule has 17 heavy (non-hydrogen) atoms. The summed E-state index contributed by atoms with van der Waals surface area (Å²) in [4.78, 5) is 0. The first-order chi connectivity index (χ1) is 7.93. The second-order valence-electron chi connectivity index (χ2n) is 3.46. The average Bonchev–Trinajstić information content (AvgIpc) is 2.25. The minimum Gasteiger partial charge on any atom is -0.259 e.